The third kappa shape index (κ3) is 1.02. The molecule has 1 fully saturated rings. The van der Waals surface area contributed by atoms with Crippen molar-refractivity contribution >= 4 is 5.97 Å². The number of hydrogen-bond donors (Lipinski definition) is 2. The molecule has 1 spiro atoms. The van der Waals surface area contributed by atoms with Gasteiger partial charge in [-0.2, -0.15) is 0 Å². The van der Waals surface area contributed by atoms with E-state index in [4.69, 9.17) is 5.11 Å². The molecule has 4 heteroatoms. The molecule has 2 aliphatic carbocycles. The number of nitrogens with one attached hydrogen (secondary N) is 1. The average Bonchev–Trinajstić information content (AvgIpc) is 2.81. The topological polar surface area (TPSA) is 70.2 Å². The first-order valence-electron chi connectivity index (χ1n) is 5.08. The molecule has 15 heavy (non-hydrogen) atoms. The fraction of sp³-hybridized carbons (Fsp3) is 0.455. The summed E-state index contributed by atoms with van der Waals surface area (Å²) in [7, 11) is 0. The highest BCUT2D eigenvalue weighted by Crippen LogP contribution is 2.61. The monoisotopic (exact) mass is 205 g/mol. The number of aromatic nitrogens is 1. The molecular weight excluding hydrogens is 194 g/mol. The van der Waals surface area contributed by atoms with E-state index in [1.165, 1.54) is 0 Å². The summed E-state index contributed by atoms with van der Waals surface area (Å²) < 4.78 is 0. The first kappa shape index (κ1) is 8.71. The van der Waals surface area contributed by atoms with Crippen LogP contribution in [0.3, 0.4) is 0 Å². The summed E-state index contributed by atoms with van der Waals surface area (Å²) in [5.74, 6) is -1.01. The molecule has 0 radical (unpaired) electrons. The van der Waals surface area contributed by atoms with E-state index in [1.54, 1.807) is 12.3 Å². The van der Waals surface area contributed by atoms with E-state index < -0.39 is 5.97 Å². The van der Waals surface area contributed by atoms with Crippen LogP contribution in [0.15, 0.2) is 17.1 Å². The lowest BCUT2D eigenvalue weighted by molar-refractivity contribution is -0.139. The molecule has 1 aromatic heterocycles. The van der Waals surface area contributed by atoms with Gasteiger partial charge in [0.1, 0.15) is 0 Å². The van der Waals surface area contributed by atoms with Crippen molar-refractivity contribution in [2.24, 2.45) is 5.92 Å². The minimum absolute atomic E-state index is 0.133. The zero-order chi connectivity index (χ0) is 10.6. The molecule has 1 aromatic rings. The van der Waals surface area contributed by atoms with Crippen LogP contribution in [-0.2, 0) is 16.6 Å². The summed E-state index contributed by atoms with van der Waals surface area (Å²) in [4.78, 5) is 24.8. The van der Waals surface area contributed by atoms with Crippen molar-refractivity contribution in [1.82, 2.24) is 4.98 Å². The molecule has 4 nitrogen and oxygen atoms in total. The summed E-state index contributed by atoms with van der Waals surface area (Å²) in [6, 6.07) is 1.57. The Bertz CT molecular complexity index is 505. The number of carbonyl (C=O) groups is 1. The average molecular weight is 205 g/mol. The second kappa shape index (κ2) is 2.51. The molecule has 2 atom stereocenters. The summed E-state index contributed by atoms with van der Waals surface area (Å²) in [5, 5.41) is 8.99. The number of carboxylic acid groups (broad SMARTS) is 1. The summed E-state index contributed by atoms with van der Waals surface area (Å²) >= 11 is 0. The van der Waals surface area contributed by atoms with Gasteiger partial charge >= 0.3 is 5.97 Å². The maximum atomic E-state index is 11.2. The predicted molar refractivity (Wildman–Crippen MR) is 52.8 cm³/mol. The Balaban J connectivity index is 2.10. The van der Waals surface area contributed by atoms with E-state index in [-0.39, 0.29) is 16.9 Å². The molecular formula is C11H11NO3. The lowest BCUT2D eigenvalue weighted by Crippen LogP contribution is -2.14. The number of fused-ring (bicyclic) bond motifs is 2. The van der Waals surface area contributed by atoms with E-state index in [1.807, 2.05) is 0 Å². The summed E-state index contributed by atoms with van der Waals surface area (Å²) in [6.07, 6.45) is 4.18. The van der Waals surface area contributed by atoms with E-state index in [9.17, 15) is 9.59 Å². The molecule has 0 amide bonds. The normalized spacial score (nSPS) is 31.6. The fourth-order valence-electron chi connectivity index (χ4n) is 2.87. The maximum Gasteiger partial charge on any atom is 0.307 e. The quantitative estimate of drug-likeness (QED) is 0.707. The van der Waals surface area contributed by atoms with Gasteiger partial charge in [-0.3, -0.25) is 9.59 Å². The minimum atomic E-state index is -0.733. The number of aliphatic carboxylic acids is 1. The standard InChI is InChI=1S/C11H11NO3/c13-9-3-7-6(5-12-9)1-2-11(7)4-8(11)10(14)15/h3,5,8H,1-2,4H2,(H,12,13)(H,14,15)/t8-,11-/m1/s1. The van der Waals surface area contributed by atoms with E-state index in [2.05, 4.69) is 4.98 Å². The van der Waals surface area contributed by atoms with Gasteiger partial charge in [-0.1, -0.05) is 0 Å². The number of pyridine rings is 1. The third-order valence-electron chi connectivity index (χ3n) is 3.76. The Morgan fingerprint density at radius 1 is 1.60 bits per heavy atom. The summed E-state index contributed by atoms with van der Waals surface area (Å²) in [6.45, 7) is 0. The van der Waals surface area contributed by atoms with Crippen LogP contribution in [0.1, 0.15) is 24.0 Å². The lowest BCUT2D eigenvalue weighted by atomic mass is 9.96. The smallest absolute Gasteiger partial charge is 0.307 e. The van der Waals surface area contributed by atoms with Crippen LogP contribution in [0.2, 0.25) is 0 Å². The number of rotatable bonds is 1. The van der Waals surface area contributed by atoms with Crippen molar-refractivity contribution < 1.29 is 9.90 Å². The molecule has 0 saturated heterocycles. The van der Waals surface area contributed by atoms with Gasteiger partial charge < -0.3 is 10.1 Å². The zero-order valence-corrected chi connectivity index (χ0v) is 8.12. The van der Waals surface area contributed by atoms with Crippen LogP contribution in [0.4, 0.5) is 0 Å². The van der Waals surface area contributed by atoms with Gasteiger partial charge in [0.2, 0.25) is 5.56 Å². The molecule has 1 saturated carbocycles. The van der Waals surface area contributed by atoms with Crippen LogP contribution < -0.4 is 5.56 Å². The van der Waals surface area contributed by atoms with Crippen LogP contribution in [0.25, 0.3) is 0 Å². The van der Waals surface area contributed by atoms with Crippen molar-refractivity contribution in [2.45, 2.75) is 24.7 Å². The summed E-state index contributed by atoms with van der Waals surface area (Å²) in [5.41, 5.74) is 1.73. The molecule has 0 aromatic carbocycles. The Hall–Kier alpha value is -1.58. The van der Waals surface area contributed by atoms with Gasteiger partial charge in [-0.05, 0) is 30.4 Å². The molecule has 3 rings (SSSR count). The second-order valence-electron chi connectivity index (χ2n) is 4.49. The van der Waals surface area contributed by atoms with Crippen molar-refractivity contribution in [3.63, 3.8) is 0 Å². The molecule has 2 N–H and O–H groups in total. The van der Waals surface area contributed by atoms with E-state index in [0.717, 1.165) is 24.0 Å². The Labute approximate surface area is 85.9 Å². The zero-order valence-electron chi connectivity index (χ0n) is 8.12. The maximum absolute atomic E-state index is 11.2. The van der Waals surface area contributed by atoms with E-state index in [0.29, 0.717) is 6.42 Å². The molecule has 1 heterocycles. The van der Waals surface area contributed by atoms with Crippen molar-refractivity contribution in [1.29, 1.82) is 0 Å². The predicted octanol–water partition coefficient (Wildman–Crippen LogP) is 0.663. The number of carboxylic acids is 1. The third-order valence-corrected chi connectivity index (χ3v) is 3.76. The Morgan fingerprint density at radius 2 is 2.40 bits per heavy atom. The largest absolute Gasteiger partial charge is 0.481 e. The van der Waals surface area contributed by atoms with E-state index >= 15 is 0 Å². The molecule has 78 valence electrons. The Morgan fingerprint density at radius 3 is 3.07 bits per heavy atom. The SMILES string of the molecule is O=C(O)[C@H]1C[C@@]12CCc1c[nH]c(=O)cc12. The van der Waals surface area contributed by atoms with Gasteiger partial charge in [-0.15, -0.1) is 0 Å². The number of aryl methyl sites for hydroxylation is 1. The molecule has 0 unspecified atom stereocenters. The highest BCUT2D eigenvalue weighted by molar-refractivity contribution is 5.78. The fourth-order valence-corrected chi connectivity index (χ4v) is 2.87. The highest BCUT2D eigenvalue weighted by Gasteiger charge is 2.61. The first-order chi connectivity index (χ1) is 7.13. The van der Waals surface area contributed by atoms with Crippen LogP contribution >= 0.6 is 0 Å². The van der Waals surface area contributed by atoms with Crippen molar-refractivity contribution in [2.75, 3.05) is 0 Å². The van der Waals surface area contributed by atoms with Gasteiger partial charge in [0.25, 0.3) is 0 Å². The molecule has 2 aliphatic rings. The Kier molecular flexibility index (Phi) is 1.45. The first-order valence-corrected chi connectivity index (χ1v) is 5.08. The highest BCUT2D eigenvalue weighted by atomic mass is 16.4. The number of hydrogen-bond acceptors (Lipinski definition) is 2. The molecule has 0 aliphatic heterocycles. The van der Waals surface area contributed by atoms with Crippen molar-refractivity contribution in [3.8, 4) is 0 Å². The molecule has 0 bridgehead atoms. The number of H-pyrrole nitrogens is 1. The van der Waals surface area contributed by atoms with Crippen LogP contribution in [0.5, 0.6) is 0 Å². The lowest BCUT2D eigenvalue weighted by Gasteiger charge is -2.08. The second-order valence-corrected chi connectivity index (χ2v) is 4.49. The van der Waals surface area contributed by atoms with Gasteiger partial charge in [0, 0.05) is 17.7 Å². The van der Waals surface area contributed by atoms with Crippen molar-refractivity contribution in [3.05, 3.63) is 33.7 Å². The number of aromatic amines is 1. The van der Waals surface area contributed by atoms with Gasteiger partial charge in [0.05, 0.1) is 5.92 Å². The minimum Gasteiger partial charge on any atom is -0.481 e. The van der Waals surface area contributed by atoms with Gasteiger partial charge in [-0.25, -0.2) is 0 Å². The van der Waals surface area contributed by atoms with Gasteiger partial charge in [0.15, 0.2) is 0 Å². The van der Waals surface area contributed by atoms with Crippen LogP contribution in [0, 0.1) is 5.92 Å². The van der Waals surface area contributed by atoms with Crippen LogP contribution in [-0.4, -0.2) is 16.1 Å².